The molecule has 5 atom stereocenters. The fraction of sp³-hybridized carbons (Fsp3) is 0.609. The lowest BCUT2D eigenvalue weighted by Gasteiger charge is -2.33. The molecule has 3 amide bonds. The zero-order valence-corrected chi connectivity index (χ0v) is 19.2. The molecule has 0 aromatic heterocycles. The average Bonchev–Trinajstić information content (AvgIpc) is 3.33. The van der Waals surface area contributed by atoms with Gasteiger partial charge in [0.25, 0.3) is 0 Å². The number of unbranched alkanes of at least 4 members (excludes halogenated alkanes) is 2. The van der Waals surface area contributed by atoms with E-state index in [1.165, 1.54) is 0 Å². The topological polar surface area (TPSA) is 108 Å². The van der Waals surface area contributed by atoms with E-state index in [4.69, 9.17) is 21.4 Å². The second kappa shape index (κ2) is 8.65. The molecule has 4 rings (SSSR count). The molecule has 2 bridgehead atoms. The van der Waals surface area contributed by atoms with E-state index in [0.717, 1.165) is 6.42 Å². The highest BCUT2D eigenvalue weighted by Gasteiger charge is 2.77. The molecule has 0 radical (unpaired) electrons. The minimum atomic E-state index is -1.05. The van der Waals surface area contributed by atoms with Crippen LogP contribution in [0.4, 0.5) is 5.69 Å². The minimum Gasteiger partial charge on any atom is -0.396 e. The number of nitrogens with zero attached hydrogens (tertiary/aromatic N) is 1. The number of likely N-dealkylation sites (tertiary alicyclic amines) is 1. The number of aliphatic hydroxyl groups excluding tert-OH is 1. The summed E-state index contributed by atoms with van der Waals surface area (Å²) in [4.78, 5) is 41.6. The second-order valence-electron chi connectivity index (χ2n) is 9.13. The smallest absolute Gasteiger partial charge is 0.250 e. The summed E-state index contributed by atoms with van der Waals surface area (Å²) in [5, 5.41) is 15.0. The number of carbonyl (C=O) groups is 3. The van der Waals surface area contributed by atoms with E-state index < -0.39 is 29.1 Å². The van der Waals surface area contributed by atoms with Crippen LogP contribution in [0.15, 0.2) is 24.3 Å². The summed E-state index contributed by atoms with van der Waals surface area (Å²) in [6.07, 6.45) is 3.13. The Balaban J connectivity index is 1.69. The number of rotatable bonds is 8. The third-order valence-electron chi connectivity index (χ3n) is 7.24. The van der Waals surface area contributed by atoms with Gasteiger partial charge in [-0.15, -0.1) is 0 Å². The lowest BCUT2D eigenvalue weighted by Crippen LogP contribution is -2.53. The van der Waals surface area contributed by atoms with Crippen LogP contribution in [0.3, 0.4) is 0 Å². The van der Waals surface area contributed by atoms with Gasteiger partial charge in [-0.3, -0.25) is 14.4 Å². The maximum absolute atomic E-state index is 13.7. The molecule has 1 spiro atoms. The van der Waals surface area contributed by atoms with Crippen molar-refractivity contribution in [2.45, 2.75) is 56.3 Å². The Labute approximate surface area is 192 Å². The number of aliphatic hydroxyl groups is 1. The first-order valence-electron chi connectivity index (χ1n) is 11.2. The maximum Gasteiger partial charge on any atom is 0.250 e. The summed E-state index contributed by atoms with van der Waals surface area (Å²) in [5.74, 6) is -2.17. The van der Waals surface area contributed by atoms with Gasteiger partial charge in [-0.05, 0) is 51.2 Å². The van der Waals surface area contributed by atoms with Crippen LogP contribution in [0.1, 0.15) is 39.0 Å². The first-order chi connectivity index (χ1) is 15.3. The van der Waals surface area contributed by atoms with Crippen LogP contribution in [-0.2, 0) is 19.1 Å². The summed E-state index contributed by atoms with van der Waals surface area (Å²) in [7, 11) is 1.55. The van der Waals surface area contributed by atoms with Crippen molar-refractivity contribution in [3.63, 3.8) is 0 Å². The molecule has 3 heterocycles. The van der Waals surface area contributed by atoms with Crippen LogP contribution in [-0.4, -0.2) is 65.2 Å². The van der Waals surface area contributed by atoms with Gasteiger partial charge in [-0.2, -0.15) is 0 Å². The SMILES string of the molecule is CNC(=O)[C@H]1[C@H]2C(=O)N(CCCCCO)C(C(=O)Nc3ccccc3Cl)C23CC[C@]1(C)O3. The van der Waals surface area contributed by atoms with E-state index in [1.54, 1.807) is 36.2 Å². The van der Waals surface area contributed by atoms with Crippen LogP contribution in [0.25, 0.3) is 0 Å². The van der Waals surface area contributed by atoms with Crippen LogP contribution < -0.4 is 10.6 Å². The lowest BCUT2D eigenvalue weighted by molar-refractivity contribution is -0.144. The molecular formula is C23H30ClN3O5. The monoisotopic (exact) mass is 463 g/mol. The van der Waals surface area contributed by atoms with Gasteiger partial charge in [0.05, 0.1) is 28.1 Å². The first-order valence-corrected chi connectivity index (χ1v) is 11.6. The van der Waals surface area contributed by atoms with E-state index >= 15 is 0 Å². The molecule has 1 aromatic carbocycles. The molecular weight excluding hydrogens is 434 g/mol. The molecule has 1 aromatic rings. The maximum atomic E-state index is 13.7. The normalized spacial score (nSPS) is 32.8. The largest absolute Gasteiger partial charge is 0.396 e. The predicted molar refractivity (Wildman–Crippen MR) is 119 cm³/mol. The van der Waals surface area contributed by atoms with Gasteiger partial charge in [0.2, 0.25) is 17.7 Å². The van der Waals surface area contributed by atoms with Crippen LogP contribution in [0.2, 0.25) is 5.02 Å². The number of para-hydroxylation sites is 1. The lowest BCUT2D eigenvalue weighted by atomic mass is 9.66. The molecule has 3 aliphatic heterocycles. The molecule has 0 saturated carbocycles. The summed E-state index contributed by atoms with van der Waals surface area (Å²) in [5.41, 5.74) is -1.37. The molecule has 32 heavy (non-hydrogen) atoms. The molecule has 174 valence electrons. The quantitative estimate of drug-likeness (QED) is 0.511. The van der Waals surface area contributed by atoms with Crippen LogP contribution >= 0.6 is 11.6 Å². The standard InChI is InChI=1S/C23H30ClN3O5/c1-22-10-11-23(32-22)17(16(22)19(29)25-2)21(31)27(12-6-3-7-13-28)18(23)20(30)26-15-9-5-4-8-14(15)24/h4-5,8-9,16-18,28H,3,6-7,10-13H2,1-2H3,(H,25,29)(H,26,30)/t16-,17+,18?,22+,23?/m1/s1. The fourth-order valence-corrected chi connectivity index (χ4v) is 6.04. The van der Waals surface area contributed by atoms with Crippen LogP contribution in [0.5, 0.6) is 0 Å². The number of amides is 3. The van der Waals surface area contributed by atoms with Gasteiger partial charge in [-0.1, -0.05) is 23.7 Å². The Hall–Kier alpha value is -2.16. The zero-order chi connectivity index (χ0) is 23.1. The van der Waals surface area contributed by atoms with E-state index in [1.807, 2.05) is 6.92 Å². The third-order valence-corrected chi connectivity index (χ3v) is 7.57. The van der Waals surface area contributed by atoms with E-state index in [0.29, 0.717) is 42.9 Å². The van der Waals surface area contributed by atoms with Crippen molar-refractivity contribution in [3.8, 4) is 0 Å². The van der Waals surface area contributed by atoms with Crippen molar-refractivity contribution in [1.82, 2.24) is 10.2 Å². The van der Waals surface area contributed by atoms with Crippen LogP contribution in [0, 0.1) is 11.8 Å². The molecule has 0 aliphatic carbocycles. The molecule has 9 heteroatoms. The third kappa shape index (κ3) is 3.49. The Morgan fingerprint density at radius 3 is 2.66 bits per heavy atom. The molecule has 8 nitrogen and oxygen atoms in total. The highest BCUT2D eigenvalue weighted by Crippen LogP contribution is 2.63. The number of hydrogen-bond acceptors (Lipinski definition) is 5. The minimum absolute atomic E-state index is 0.0805. The summed E-state index contributed by atoms with van der Waals surface area (Å²) in [6, 6.07) is 6.08. The number of nitrogens with one attached hydrogen (secondary N) is 2. The molecule has 3 aliphatic rings. The van der Waals surface area contributed by atoms with E-state index in [-0.39, 0.29) is 24.3 Å². The number of hydrogen-bond donors (Lipinski definition) is 3. The molecule has 2 unspecified atom stereocenters. The van der Waals surface area contributed by atoms with Crippen molar-refractivity contribution in [2.75, 3.05) is 25.5 Å². The Morgan fingerprint density at radius 2 is 1.97 bits per heavy atom. The highest BCUT2D eigenvalue weighted by molar-refractivity contribution is 6.33. The second-order valence-corrected chi connectivity index (χ2v) is 9.53. The van der Waals surface area contributed by atoms with E-state index in [2.05, 4.69) is 10.6 Å². The van der Waals surface area contributed by atoms with E-state index in [9.17, 15) is 14.4 Å². The molecule has 3 N–H and O–H groups in total. The zero-order valence-electron chi connectivity index (χ0n) is 18.4. The Kier molecular flexibility index (Phi) is 6.22. The van der Waals surface area contributed by atoms with Gasteiger partial charge in [0, 0.05) is 20.2 Å². The fourth-order valence-electron chi connectivity index (χ4n) is 5.86. The Bertz CT molecular complexity index is 927. The number of halogens is 1. The summed E-state index contributed by atoms with van der Waals surface area (Å²) < 4.78 is 6.48. The van der Waals surface area contributed by atoms with Crippen molar-refractivity contribution in [3.05, 3.63) is 29.3 Å². The highest BCUT2D eigenvalue weighted by atomic mass is 35.5. The van der Waals surface area contributed by atoms with Gasteiger partial charge in [0.15, 0.2) is 0 Å². The molecule has 3 fully saturated rings. The summed E-state index contributed by atoms with van der Waals surface area (Å²) in [6.45, 7) is 2.30. The van der Waals surface area contributed by atoms with Crippen molar-refractivity contribution in [2.24, 2.45) is 11.8 Å². The van der Waals surface area contributed by atoms with Gasteiger partial charge in [0.1, 0.15) is 11.6 Å². The molecule has 3 saturated heterocycles. The van der Waals surface area contributed by atoms with Crippen molar-refractivity contribution >= 4 is 35.0 Å². The Morgan fingerprint density at radius 1 is 1.22 bits per heavy atom. The first kappa shape index (κ1) is 23.0. The number of benzene rings is 1. The van der Waals surface area contributed by atoms with Crippen molar-refractivity contribution in [1.29, 1.82) is 0 Å². The number of anilines is 1. The number of carbonyl (C=O) groups excluding carboxylic acids is 3. The predicted octanol–water partition coefficient (Wildman–Crippen LogP) is 1.95. The summed E-state index contributed by atoms with van der Waals surface area (Å²) >= 11 is 6.25. The number of ether oxygens (including phenoxy) is 1. The average molecular weight is 464 g/mol. The van der Waals surface area contributed by atoms with Gasteiger partial charge < -0.3 is 25.4 Å². The number of fused-ring (bicyclic) bond motifs is 1. The van der Waals surface area contributed by atoms with Gasteiger partial charge in [-0.25, -0.2) is 0 Å². The van der Waals surface area contributed by atoms with Gasteiger partial charge >= 0.3 is 0 Å². The van der Waals surface area contributed by atoms with Crippen molar-refractivity contribution < 1.29 is 24.2 Å².